The predicted molar refractivity (Wildman–Crippen MR) is 122 cm³/mol. The van der Waals surface area contributed by atoms with Crippen LogP contribution < -0.4 is 10.2 Å². The second kappa shape index (κ2) is 10.4. The number of carbonyl (C=O) groups is 2. The smallest absolute Gasteiger partial charge is 0.244 e. The number of rotatable bonds is 7. The van der Waals surface area contributed by atoms with E-state index in [-0.39, 0.29) is 17.9 Å². The Hall–Kier alpha value is -2.96. The Morgan fingerprint density at radius 1 is 1.03 bits per heavy atom. The van der Waals surface area contributed by atoms with Crippen LogP contribution in [0, 0.1) is 0 Å². The van der Waals surface area contributed by atoms with Crippen LogP contribution >= 0.6 is 0 Å². The van der Waals surface area contributed by atoms with Gasteiger partial charge in [0.05, 0.1) is 19.3 Å². The van der Waals surface area contributed by atoms with Crippen molar-refractivity contribution in [3.05, 3.63) is 71.8 Å². The molecule has 31 heavy (non-hydrogen) atoms. The molecule has 2 aliphatic heterocycles. The number of hydrogen-bond donors (Lipinski definition) is 1. The molecule has 2 fully saturated rings. The Labute approximate surface area is 183 Å². The molecule has 162 valence electrons. The number of amides is 2. The maximum Gasteiger partial charge on any atom is 0.244 e. The van der Waals surface area contributed by atoms with Gasteiger partial charge in [0, 0.05) is 44.4 Å². The number of hydrogen-bond acceptors (Lipinski definition) is 4. The Kier molecular flexibility index (Phi) is 7.12. The summed E-state index contributed by atoms with van der Waals surface area (Å²) in [6, 6.07) is 17.7. The molecule has 0 saturated carbocycles. The standard InChI is InChI=1S/C25H29N3O3/c29-24(13-10-20-8-11-22(12-9-20)28-14-4-7-25(28)30)26-23(21-5-2-1-3-6-21)19-27-15-17-31-18-16-27/h1-3,5-6,8-13,23H,4,7,14-19H2,(H,26,29). The zero-order chi connectivity index (χ0) is 21.5. The van der Waals surface area contributed by atoms with Crippen molar-refractivity contribution in [2.45, 2.75) is 18.9 Å². The van der Waals surface area contributed by atoms with Gasteiger partial charge in [-0.15, -0.1) is 0 Å². The molecule has 2 aliphatic rings. The molecule has 1 unspecified atom stereocenters. The van der Waals surface area contributed by atoms with Gasteiger partial charge in [-0.2, -0.15) is 0 Å². The molecule has 2 aromatic rings. The maximum absolute atomic E-state index is 12.7. The summed E-state index contributed by atoms with van der Waals surface area (Å²) in [7, 11) is 0. The third-order valence-electron chi connectivity index (χ3n) is 5.77. The second-order valence-corrected chi connectivity index (χ2v) is 7.96. The number of nitrogens with zero attached hydrogens (tertiary/aromatic N) is 2. The molecular weight excluding hydrogens is 390 g/mol. The van der Waals surface area contributed by atoms with Crippen LogP contribution in [-0.4, -0.2) is 56.1 Å². The molecule has 4 rings (SSSR count). The lowest BCUT2D eigenvalue weighted by molar-refractivity contribution is -0.118. The van der Waals surface area contributed by atoms with Gasteiger partial charge in [0.25, 0.3) is 0 Å². The van der Waals surface area contributed by atoms with Crippen molar-refractivity contribution < 1.29 is 14.3 Å². The van der Waals surface area contributed by atoms with Crippen molar-refractivity contribution in [2.75, 3.05) is 44.3 Å². The van der Waals surface area contributed by atoms with Crippen LogP contribution in [-0.2, 0) is 14.3 Å². The maximum atomic E-state index is 12.7. The summed E-state index contributed by atoms with van der Waals surface area (Å²) in [5.41, 5.74) is 2.93. The first-order chi connectivity index (χ1) is 15.2. The number of ether oxygens (including phenoxy) is 1. The van der Waals surface area contributed by atoms with E-state index in [9.17, 15) is 9.59 Å². The van der Waals surface area contributed by atoms with Gasteiger partial charge in [0.1, 0.15) is 0 Å². The summed E-state index contributed by atoms with van der Waals surface area (Å²) < 4.78 is 5.44. The van der Waals surface area contributed by atoms with Crippen molar-refractivity contribution in [2.24, 2.45) is 0 Å². The molecule has 2 amide bonds. The fraction of sp³-hybridized carbons (Fsp3) is 0.360. The first kappa shape index (κ1) is 21.3. The van der Waals surface area contributed by atoms with Gasteiger partial charge in [-0.1, -0.05) is 42.5 Å². The molecule has 2 aromatic carbocycles. The normalized spacial score (nSPS) is 18.5. The molecule has 1 atom stereocenters. The van der Waals surface area contributed by atoms with Gasteiger partial charge in [-0.25, -0.2) is 0 Å². The SMILES string of the molecule is O=C(C=Cc1ccc(N2CCCC2=O)cc1)NC(CN1CCOCC1)c1ccccc1. The zero-order valence-electron chi connectivity index (χ0n) is 17.7. The van der Waals surface area contributed by atoms with Gasteiger partial charge in [0.2, 0.25) is 11.8 Å². The number of carbonyl (C=O) groups excluding carboxylic acids is 2. The van der Waals surface area contributed by atoms with Crippen molar-refractivity contribution in [1.82, 2.24) is 10.2 Å². The summed E-state index contributed by atoms with van der Waals surface area (Å²) in [6.07, 6.45) is 4.91. The number of anilines is 1. The van der Waals surface area contributed by atoms with Crippen LogP contribution in [0.25, 0.3) is 6.08 Å². The lowest BCUT2D eigenvalue weighted by atomic mass is 10.1. The van der Waals surface area contributed by atoms with Crippen LogP contribution in [0.4, 0.5) is 5.69 Å². The molecule has 1 N–H and O–H groups in total. The van der Waals surface area contributed by atoms with E-state index in [1.165, 1.54) is 0 Å². The van der Waals surface area contributed by atoms with Gasteiger partial charge in [-0.3, -0.25) is 14.5 Å². The molecule has 0 radical (unpaired) electrons. The Morgan fingerprint density at radius 3 is 2.45 bits per heavy atom. The summed E-state index contributed by atoms with van der Waals surface area (Å²) in [5.74, 6) is 0.0517. The molecule has 6 heteroatoms. The highest BCUT2D eigenvalue weighted by Gasteiger charge is 2.21. The van der Waals surface area contributed by atoms with Crippen molar-refractivity contribution >= 4 is 23.6 Å². The molecular formula is C25H29N3O3. The number of morpholine rings is 1. The third-order valence-corrected chi connectivity index (χ3v) is 5.77. The molecule has 2 heterocycles. The Morgan fingerprint density at radius 2 is 1.77 bits per heavy atom. The highest BCUT2D eigenvalue weighted by Crippen LogP contribution is 2.22. The highest BCUT2D eigenvalue weighted by molar-refractivity contribution is 5.95. The molecule has 6 nitrogen and oxygen atoms in total. The van der Waals surface area contributed by atoms with Crippen LogP contribution in [0.1, 0.15) is 30.0 Å². The van der Waals surface area contributed by atoms with E-state index >= 15 is 0 Å². The topological polar surface area (TPSA) is 61.9 Å². The van der Waals surface area contributed by atoms with Crippen LogP contribution in [0.5, 0.6) is 0 Å². The first-order valence-electron chi connectivity index (χ1n) is 10.9. The average Bonchev–Trinajstić information content (AvgIpc) is 3.25. The fourth-order valence-corrected chi connectivity index (χ4v) is 4.04. The van der Waals surface area contributed by atoms with Crippen molar-refractivity contribution in [1.29, 1.82) is 0 Å². The summed E-state index contributed by atoms with van der Waals surface area (Å²) in [5, 5.41) is 3.15. The van der Waals surface area contributed by atoms with Crippen molar-refractivity contribution in [3.8, 4) is 0 Å². The van der Waals surface area contributed by atoms with E-state index in [2.05, 4.69) is 10.2 Å². The largest absolute Gasteiger partial charge is 0.379 e. The number of nitrogens with one attached hydrogen (secondary N) is 1. The van der Waals surface area contributed by atoms with E-state index in [4.69, 9.17) is 4.74 Å². The minimum Gasteiger partial charge on any atom is -0.379 e. The molecule has 0 aliphatic carbocycles. The first-order valence-corrected chi connectivity index (χ1v) is 10.9. The zero-order valence-corrected chi connectivity index (χ0v) is 17.7. The lowest BCUT2D eigenvalue weighted by Crippen LogP contribution is -2.42. The van der Waals surface area contributed by atoms with E-state index in [0.717, 1.165) is 62.6 Å². The van der Waals surface area contributed by atoms with Crippen LogP contribution in [0.3, 0.4) is 0 Å². The fourth-order valence-electron chi connectivity index (χ4n) is 4.04. The van der Waals surface area contributed by atoms with Gasteiger partial charge < -0.3 is 15.0 Å². The minimum absolute atomic E-state index is 0.0833. The summed E-state index contributed by atoms with van der Waals surface area (Å²) in [4.78, 5) is 28.7. The monoisotopic (exact) mass is 419 g/mol. The van der Waals surface area contributed by atoms with E-state index in [0.29, 0.717) is 6.42 Å². The number of benzene rings is 2. The van der Waals surface area contributed by atoms with E-state index in [1.807, 2.05) is 65.6 Å². The third kappa shape index (κ3) is 5.81. The quantitative estimate of drug-likeness (QED) is 0.701. The Balaban J connectivity index is 1.38. The average molecular weight is 420 g/mol. The molecule has 0 bridgehead atoms. The van der Waals surface area contributed by atoms with Gasteiger partial charge >= 0.3 is 0 Å². The minimum atomic E-state index is -0.124. The molecule has 0 spiro atoms. The Bertz CT molecular complexity index is 905. The molecule has 0 aromatic heterocycles. The summed E-state index contributed by atoms with van der Waals surface area (Å²) in [6.45, 7) is 4.75. The second-order valence-electron chi connectivity index (χ2n) is 7.96. The van der Waals surface area contributed by atoms with Crippen molar-refractivity contribution in [3.63, 3.8) is 0 Å². The predicted octanol–water partition coefficient (Wildman–Crippen LogP) is 3.02. The van der Waals surface area contributed by atoms with Gasteiger partial charge in [-0.05, 0) is 35.8 Å². The van der Waals surface area contributed by atoms with Crippen LogP contribution in [0.15, 0.2) is 60.7 Å². The van der Waals surface area contributed by atoms with Crippen LogP contribution in [0.2, 0.25) is 0 Å². The molecule has 2 saturated heterocycles. The summed E-state index contributed by atoms with van der Waals surface area (Å²) >= 11 is 0. The van der Waals surface area contributed by atoms with E-state index < -0.39 is 0 Å². The lowest BCUT2D eigenvalue weighted by Gasteiger charge is -2.31. The van der Waals surface area contributed by atoms with Gasteiger partial charge in [0.15, 0.2) is 0 Å². The van der Waals surface area contributed by atoms with E-state index in [1.54, 1.807) is 6.08 Å². The highest BCUT2D eigenvalue weighted by atomic mass is 16.5.